The normalized spacial score (nSPS) is 10.2. The second-order valence-corrected chi connectivity index (χ2v) is 6.45. The summed E-state index contributed by atoms with van der Waals surface area (Å²) < 4.78 is 5.70. The molecule has 3 aromatic rings. The van der Waals surface area contributed by atoms with Crippen LogP contribution >= 0.6 is 0 Å². The number of carbonyl (C=O) groups excluding carboxylic acids is 3. The van der Waals surface area contributed by atoms with Crippen molar-refractivity contribution in [3.63, 3.8) is 0 Å². The van der Waals surface area contributed by atoms with Crippen molar-refractivity contribution in [3.8, 4) is 11.5 Å². The first-order valence-electron chi connectivity index (χ1n) is 9.33. The number of benzene rings is 3. The van der Waals surface area contributed by atoms with Crippen molar-refractivity contribution in [1.82, 2.24) is 0 Å². The van der Waals surface area contributed by atoms with E-state index in [0.29, 0.717) is 40.4 Å². The quantitative estimate of drug-likeness (QED) is 0.549. The first kappa shape index (κ1) is 20.6. The van der Waals surface area contributed by atoms with E-state index in [1.165, 1.54) is 0 Å². The van der Waals surface area contributed by atoms with Crippen LogP contribution in [0, 0.1) is 0 Å². The minimum atomic E-state index is -0.503. The third-order valence-electron chi connectivity index (χ3n) is 4.24. The van der Waals surface area contributed by atoms with Crippen LogP contribution in [0.2, 0.25) is 0 Å². The zero-order valence-electron chi connectivity index (χ0n) is 16.3. The molecule has 3 aromatic carbocycles. The van der Waals surface area contributed by atoms with Crippen LogP contribution in [0.4, 0.5) is 11.4 Å². The molecule has 0 atom stereocenters. The maximum atomic E-state index is 12.4. The zero-order chi connectivity index (χ0) is 21.5. The van der Waals surface area contributed by atoms with Gasteiger partial charge in [-0.15, -0.1) is 0 Å². The topological polar surface area (TPSA) is 111 Å². The van der Waals surface area contributed by atoms with Gasteiger partial charge in [0, 0.05) is 28.9 Å². The summed E-state index contributed by atoms with van der Waals surface area (Å²) in [6.45, 7) is 1.78. The van der Waals surface area contributed by atoms with Gasteiger partial charge in [0.2, 0.25) is 11.8 Å². The van der Waals surface area contributed by atoms with Crippen LogP contribution in [0.15, 0.2) is 72.8 Å². The van der Waals surface area contributed by atoms with Crippen molar-refractivity contribution < 1.29 is 19.1 Å². The lowest BCUT2D eigenvalue weighted by Crippen LogP contribution is -2.12. The lowest BCUT2D eigenvalue weighted by Gasteiger charge is -2.09. The van der Waals surface area contributed by atoms with E-state index in [1.54, 1.807) is 79.7 Å². The van der Waals surface area contributed by atoms with E-state index in [1.807, 2.05) is 0 Å². The van der Waals surface area contributed by atoms with E-state index in [4.69, 9.17) is 10.5 Å². The molecule has 0 aliphatic carbocycles. The Bertz CT molecular complexity index is 1040. The number of carbonyl (C=O) groups is 3. The van der Waals surface area contributed by atoms with Crippen LogP contribution < -0.4 is 21.1 Å². The highest BCUT2D eigenvalue weighted by Crippen LogP contribution is 2.22. The Labute approximate surface area is 173 Å². The second-order valence-electron chi connectivity index (χ2n) is 6.45. The molecule has 0 aliphatic rings. The molecule has 0 saturated heterocycles. The van der Waals surface area contributed by atoms with Crippen molar-refractivity contribution >= 4 is 29.1 Å². The minimum absolute atomic E-state index is 0.0714. The molecule has 0 saturated carbocycles. The van der Waals surface area contributed by atoms with E-state index in [0.717, 1.165) is 0 Å². The molecule has 7 nitrogen and oxygen atoms in total. The van der Waals surface area contributed by atoms with Crippen LogP contribution in [0.1, 0.15) is 34.1 Å². The molecular formula is C23H21N3O4. The molecule has 7 heteroatoms. The largest absolute Gasteiger partial charge is 0.457 e. The monoisotopic (exact) mass is 403 g/mol. The van der Waals surface area contributed by atoms with E-state index in [2.05, 4.69) is 10.6 Å². The molecule has 3 amide bonds. The SMILES string of the molecule is CCC(=O)Nc1ccc(NC(=O)c2ccc(Oc3ccc(C(N)=O)cc3)cc2)cc1. The molecule has 3 rings (SSSR count). The van der Waals surface area contributed by atoms with Crippen molar-refractivity contribution in [2.45, 2.75) is 13.3 Å². The van der Waals surface area contributed by atoms with E-state index >= 15 is 0 Å². The van der Waals surface area contributed by atoms with Gasteiger partial charge in [0.1, 0.15) is 11.5 Å². The van der Waals surface area contributed by atoms with Gasteiger partial charge in [-0.1, -0.05) is 6.92 Å². The molecule has 0 aromatic heterocycles. The van der Waals surface area contributed by atoms with Crippen LogP contribution in [0.5, 0.6) is 11.5 Å². The third-order valence-corrected chi connectivity index (χ3v) is 4.24. The van der Waals surface area contributed by atoms with Gasteiger partial charge in [-0.2, -0.15) is 0 Å². The van der Waals surface area contributed by atoms with Crippen molar-refractivity contribution in [3.05, 3.63) is 83.9 Å². The maximum Gasteiger partial charge on any atom is 0.255 e. The van der Waals surface area contributed by atoms with Crippen LogP contribution in [-0.2, 0) is 4.79 Å². The lowest BCUT2D eigenvalue weighted by atomic mass is 10.2. The molecule has 0 heterocycles. The Kier molecular flexibility index (Phi) is 6.44. The summed E-state index contributed by atoms with van der Waals surface area (Å²) in [5.41, 5.74) is 7.37. The smallest absolute Gasteiger partial charge is 0.255 e. The van der Waals surface area contributed by atoms with Gasteiger partial charge in [0.25, 0.3) is 5.91 Å². The molecule has 0 radical (unpaired) electrons. The molecule has 0 fully saturated rings. The Morgan fingerprint density at radius 1 is 0.733 bits per heavy atom. The maximum absolute atomic E-state index is 12.4. The fraction of sp³-hybridized carbons (Fsp3) is 0.0870. The summed E-state index contributed by atoms with van der Waals surface area (Å²) in [5.74, 6) is 0.259. The van der Waals surface area contributed by atoms with Crippen LogP contribution in [0.3, 0.4) is 0 Å². The van der Waals surface area contributed by atoms with E-state index < -0.39 is 5.91 Å². The molecule has 0 unspecified atom stereocenters. The summed E-state index contributed by atoms with van der Waals surface area (Å²) >= 11 is 0. The van der Waals surface area contributed by atoms with Gasteiger partial charge < -0.3 is 21.1 Å². The fourth-order valence-corrected chi connectivity index (χ4v) is 2.59. The number of primary amides is 1. The van der Waals surface area contributed by atoms with Crippen molar-refractivity contribution in [2.75, 3.05) is 10.6 Å². The number of nitrogens with one attached hydrogen (secondary N) is 2. The second kappa shape index (κ2) is 9.38. The highest BCUT2D eigenvalue weighted by Gasteiger charge is 2.08. The average Bonchev–Trinajstić information content (AvgIpc) is 2.76. The summed E-state index contributed by atoms with van der Waals surface area (Å²) in [4.78, 5) is 34.9. The van der Waals surface area contributed by atoms with Gasteiger partial charge in [-0.05, 0) is 72.8 Å². The molecule has 0 aliphatic heterocycles. The number of ether oxygens (including phenoxy) is 1. The first-order valence-corrected chi connectivity index (χ1v) is 9.33. The standard InChI is InChI=1S/C23H21N3O4/c1-2-21(27)25-17-7-9-18(10-8-17)26-23(29)16-5-13-20(14-6-16)30-19-11-3-15(4-12-19)22(24)28/h3-14H,2H2,1H3,(H2,24,28)(H,25,27)(H,26,29). The van der Waals surface area contributed by atoms with Gasteiger partial charge in [-0.25, -0.2) is 0 Å². The summed E-state index contributed by atoms with van der Waals surface area (Å²) in [6.07, 6.45) is 0.400. The number of hydrogen-bond acceptors (Lipinski definition) is 4. The third kappa shape index (κ3) is 5.45. The Balaban J connectivity index is 1.59. The minimum Gasteiger partial charge on any atom is -0.457 e. The predicted molar refractivity (Wildman–Crippen MR) is 115 cm³/mol. The fourth-order valence-electron chi connectivity index (χ4n) is 2.59. The van der Waals surface area contributed by atoms with Crippen molar-refractivity contribution in [1.29, 1.82) is 0 Å². The van der Waals surface area contributed by atoms with Crippen molar-refractivity contribution in [2.24, 2.45) is 5.73 Å². The lowest BCUT2D eigenvalue weighted by molar-refractivity contribution is -0.115. The summed E-state index contributed by atoms with van der Waals surface area (Å²) in [6, 6.07) is 20.0. The number of nitrogens with two attached hydrogens (primary N) is 1. The highest BCUT2D eigenvalue weighted by atomic mass is 16.5. The number of amides is 3. The predicted octanol–water partition coefficient (Wildman–Crippen LogP) is 4.18. The zero-order valence-corrected chi connectivity index (χ0v) is 16.3. The van der Waals surface area contributed by atoms with Gasteiger partial charge in [-0.3, -0.25) is 14.4 Å². The van der Waals surface area contributed by atoms with E-state index in [-0.39, 0.29) is 11.8 Å². The Morgan fingerprint density at radius 2 is 1.20 bits per heavy atom. The molecule has 0 spiro atoms. The summed E-state index contributed by atoms with van der Waals surface area (Å²) in [7, 11) is 0. The average molecular weight is 403 g/mol. The van der Waals surface area contributed by atoms with E-state index in [9.17, 15) is 14.4 Å². The van der Waals surface area contributed by atoms with Crippen LogP contribution in [-0.4, -0.2) is 17.7 Å². The molecule has 4 N–H and O–H groups in total. The molecule has 0 bridgehead atoms. The summed E-state index contributed by atoms with van der Waals surface area (Å²) in [5, 5.41) is 5.55. The Hall–Kier alpha value is -4.13. The van der Waals surface area contributed by atoms with Gasteiger partial charge in [0.05, 0.1) is 0 Å². The molecular weight excluding hydrogens is 382 g/mol. The molecule has 152 valence electrons. The van der Waals surface area contributed by atoms with Crippen LogP contribution in [0.25, 0.3) is 0 Å². The highest BCUT2D eigenvalue weighted by molar-refractivity contribution is 6.04. The number of anilines is 2. The molecule has 30 heavy (non-hydrogen) atoms. The van der Waals surface area contributed by atoms with Gasteiger partial charge in [0.15, 0.2) is 0 Å². The number of hydrogen-bond donors (Lipinski definition) is 3. The number of rotatable bonds is 7. The van der Waals surface area contributed by atoms with Gasteiger partial charge >= 0.3 is 0 Å². The Morgan fingerprint density at radius 3 is 1.67 bits per heavy atom. The first-order chi connectivity index (χ1) is 14.4.